The molecule has 0 bridgehead atoms. The number of piperidine rings is 1. The number of hydrogen-bond donors (Lipinski definition) is 1. The molecule has 0 aromatic rings. The fourth-order valence-corrected chi connectivity index (χ4v) is 3.19. The topological polar surface area (TPSA) is 18.5 Å². The van der Waals surface area contributed by atoms with Gasteiger partial charge in [-0.2, -0.15) is 0 Å². The van der Waals surface area contributed by atoms with E-state index < -0.39 is 0 Å². The fourth-order valence-electron chi connectivity index (χ4n) is 3.19. The maximum atomic E-state index is 3.57. The first kappa shape index (κ1) is 16.9. The molecule has 1 unspecified atom stereocenters. The Bertz CT molecular complexity index is 212. The first-order chi connectivity index (χ1) is 9.21. The minimum Gasteiger partial charge on any atom is -0.314 e. The molecular weight excluding hydrogens is 234 g/mol. The second-order valence-electron chi connectivity index (χ2n) is 5.95. The first-order valence-electron chi connectivity index (χ1n) is 8.37. The summed E-state index contributed by atoms with van der Waals surface area (Å²) in [6.45, 7) is 12.9. The molecule has 0 radical (unpaired) electrons. The van der Waals surface area contributed by atoms with Gasteiger partial charge in [-0.15, -0.1) is 0 Å². The predicted octanol–water partition coefficient (Wildman–Crippen LogP) is 2.57. The highest BCUT2D eigenvalue weighted by Crippen LogP contribution is 2.15. The number of likely N-dealkylation sites (tertiary alicyclic amines) is 1. The molecule has 3 heteroatoms. The Labute approximate surface area is 120 Å². The molecule has 3 nitrogen and oxygen atoms in total. The molecule has 0 aliphatic carbocycles. The standard InChI is InChI=1S/C16H35N3/c1-5-15(17-6-2)9-8-12-18(4)16-10-13-19(7-3)14-11-16/h15-17H,5-14H2,1-4H3. The van der Waals surface area contributed by atoms with Crippen LogP contribution >= 0.6 is 0 Å². The third kappa shape index (κ3) is 6.24. The monoisotopic (exact) mass is 269 g/mol. The van der Waals surface area contributed by atoms with Crippen molar-refractivity contribution in [1.82, 2.24) is 15.1 Å². The minimum atomic E-state index is 0.723. The van der Waals surface area contributed by atoms with Crippen LogP contribution in [0.3, 0.4) is 0 Å². The summed E-state index contributed by atoms with van der Waals surface area (Å²) in [6, 6.07) is 1.54. The van der Waals surface area contributed by atoms with E-state index in [0.29, 0.717) is 0 Å². The van der Waals surface area contributed by atoms with Crippen LogP contribution < -0.4 is 5.32 Å². The summed E-state index contributed by atoms with van der Waals surface area (Å²) >= 11 is 0. The van der Waals surface area contributed by atoms with Crippen LogP contribution in [0.1, 0.15) is 52.9 Å². The summed E-state index contributed by atoms with van der Waals surface area (Å²) in [6.07, 6.45) is 6.62. The van der Waals surface area contributed by atoms with Gasteiger partial charge in [-0.1, -0.05) is 20.8 Å². The van der Waals surface area contributed by atoms with Gasteiger partial charge in [0.15, 0.2) is 0 Å². The molecule has 0 aromatic heterocycles. The van der Waals surface area contributed by atoms with E-state index in [2.05, 4.69) is 42.9 Å². The zero-order valence-corrected chi connectivity index (χ0v) is 13.6. The molecule has 0 amide bonds. The normalized spacial score (nSPS) is 20.1. The van der Waals surface area contributed by atoms with Crippen LogP contribution in [0.25, 0.3) is 0 Å². The zero-order valence-electron chi connectivity index (χ0n) is 13.6. The molecule has 1 saturated heterocycles. The van der Waals surface area contributed by atoms with E-state index in [4.69, 9.17) is 0 Å². The van der Waals surface area contributed by atoms with Crippen molar-refractivity contribution >= 4 is 0 Å². The van der Waals surface area contributed by atoms with Crippen LogP contribution in [0.15, 0.2) is 0 Å². The van der Waals surface area contributed by atoms with Gasteiger partial charge >= 0.3 is 0 Å². The molecule has 0 aromatic carbocycles. The van der Waals surface area contributed by atoms with Crippen molar-refractivity contribution in [2.24, 2.45) is 0 Å². The van der Waals surface area contributed by atoms with Crippen molar-refractivity contribution in [3.63, 3.8) is 0 Å². The minimum absolute atomic E-state index is 0.723. The highest BCUT2D eigenvalue weighted by atomic mass is 15.2. The van der Waals surface area contributed by atoms with Crippen molar-refractivity contribution in [3.05, 3.63) is 0 Å². The van der Waals surface area contributed by atoms with Gasteiger partial charge in [0, 0.05) is 12.1 Å². The lowest BCUT2D eigenvalue weighted by Crippen LogP contribution is -2.43. The Hall–Kier alpha value is -0.120. The Morgan fingerprint density at radius 1 is 1.21 bits per heavy atom. The Morgan fingerprint density at radius 2 is 1.89 bits per heavy atom. The molecule has 1 N–H and O–H groups in total. The summed E-state index contributed by atoms with van der Waals surface area (Å²) < 4.78 is 0. The second-order valence-corrected chi connectivity index (χ2v) is 5.95. The van der Waals surface area contributed by atoms with E-state index in [1.54, 1.807) is 0 Å². The number of rotatable bonds is 9. The molecule has 1 aliphatic rings. The molecule has 1 aliphatic heterocycles. The number of nitrogens with zero attached hydrogens (tertiary/aromatic N) is 2. The SMILES string of the molecule is CCNC(CC)CCCN(C)C1CCN(CC)CC1. The zero-order chi connectivity index (χ0) is 14.1. The number of nitrogens with one attached hydrogen (secondary N) is 1. The average Bonchev–Trinajstić information content (AvgIpc) is 2.46. The first-order valence-corrected chi connectivity index (χ1v) is 8.37. The average molecular weight is 269 g/mol. The van der Waals surface area contributed by atoms with Crippen molar-refractivity contribution in [2.75, 3.05) is 39.8 Å². The summed E-state index contributed by atoms with van der Waals surface area (Å²) in [4.78, 5) is 5.17. The van der Waals surface area contributed by atoms with Gasteiger partial charge in [0.05, 0.1) is 0 Å². The Kier molecular flexibility index (Phi) is 8.67. The van der Waals surface area contributed by atoms with E-state index in [9.17, 15) is 0 Å². The Balaban J connectivity index is 2.15. The largest absolute Gasteiger partial charge is 0.314 e. The number of hydrogen-bond acceptors (Lipinski definition) is 3. The van der Waals surface area contributed by atoms with E-state index in [1.807, 2.05) is 0 Å². The maximum Gasteiger partial charge on any atom is 0.0117 e. The van der Waals surface area contributed by atoms with E-state index >= 15 is 0 Å². The third-order valence-electron chi connectivity index (χ3n) is 4.68. The van der Waals surface area contributed by atoms with Gasteiger partial charge in [-0.25, -0.2) is 0 Å². The lowest BCUT2D eigenvalue weighted by Gasteiger charge is -2.36. The van der Waals surface area contributed by atoms with Crippen LogP contribution in [-0.4, -0.2) is 61.7 Å². The quantitative estimate of drug-likeness (QED) is 0.694. The van der Waals surface area contributed by atoms with Crippen LogP contribution in [0.4, 0.5) is 0 Å². The predicted molar refractivity (Wildman–Crippen MR) is 84.8 cm³/mol. The van der Waals surface area contributed by atoms with Crippen molar-refractivity contribution in [1.29, 1.82) is 0 Å². The van der Waals surface area contributed by atoms with Gasteiger partial charge in [0.25, 0.3) is 0 Å². The molecule has 1 heterocycles. The smallest absolute Gasteiger partial charge is 0.0117 e. The lowest BCUT2D eigenvalue weighted by molar-refractivity contribution is 0.129. The van der Waals surface area contributed by atoms with Crippen LogP contribution in [0, 0.1) is 0 Å². The second kappa shape index (κ2) is 9.73. The van der Waals surface area contributed by atoms with Gasteiger partial charge in [0.2, 0.25) is 0 Å². The summed E-state index contributed by atoms with van der Waals surface area (Å²) in [5, 5.41) is 3.57. The fraction of sp³-hybridized carbons (Fsp3) is 1.00. The van der Waals surface area contributed by atoms with Gasteiger partial charge in [-0.05, 0) is 71.9 Å². The van der Waals surface area contributed by atoms with Crippen LogP contribution in [0.2, 0.25) is 0 Å². The lowest BCUT2D eigenvalue weighted by atomic mass is 10.0. The summed E-state index contributed by atoms with van der Waals surface area (Å²) in [7, 11) is 2.32. The van der Waals surface area contributed by atoms with Gasteiger partial charge in [0.1, 0.15) is 0 Å². The Morgan fingerprint density at radius 3 is 2.42 bits per heavy atom. The highest BCUT2D eigenvalue weighted by molar-refractivity contribution is 4.78. The van der Waals surface area contributed by atoms with Crippen LogP contribution in [0.5, 0.6) is 0 Å². The molecule has 19 heavy (non-hydrogen) atoms. The molecule has 1 atom stereocenters. The van der Waals surface area contributed by atoms with Crippen molar-refractivity contribution < 1.29 is 0 Å². The highest BCUT2D eigenvalue weighted by Gasteiger charge is 2.21. The summed E-state index contributed by atoms with van der Waals surface area (Å²) in [5.41, 5.74) is 0. The molecule has 0 spiro atoms. The van der Waals surface area contributed by atoms with Gasteiger partial charge in [-0.3, -0.25) is 0 Å². The third-order valence-corrected chi connectivity index (χ3v) is 4.68. The molecular formula is C16H35N3. The molecule has 0 saturated carbocycles. The van der Waals surface area contributed by atoms with E-state index in [0.717, 1.165) is 18.6 Å². The molecule has 114 valence electrons. The summed E-state index contributed by atoms with van der Waals surface area (Å²) in [5.74, 6) is 0. The van der Waals surface area contributed by atoms with Crippen LogP contribution in [-0.2, 0) is 0 Å². The maximum absolute atomic E-state index is 3.57. The van der Waals surface area contributed by atoms with E-state index in [-0.39, 0.29) is 0 Å². The van der Waals surface area contributed by atoms with E-state index in [1.165, 1.54) is 58.3 Å². The molecule has 1 rings (SSSR count). The van der Waals surface area contributed by atoms with Crippen molar-refractivity contribution in [2.45, 2.75) is 65.0 Å². The molecule has 1 fully saturated rings. The van der Waals surface area contributed by atoms with Gasteiger partial charge < -0.3 is 15.1 Å². The van der Waals surface area contributed by atoms with Crippen molar-refractivity contribution in [3.8, 4) is 0 Å².